The monoisotopic (exact) mass is 301 g/mol. The van der Waals surface area contributed by atoms with Crippen molar-refractivity contribution < 1.29 is 19.1 Å². The molecular formula is C17H19NO4. The number of pyridine rings is 1. The molecule has 5 heteroatoms. The highest BCUT2D eigenvalue weighted by Crippen LogP contribution is 2.24. The smallest absolute Gasteiger partial charge is 0.357 e. The standard InChI is InChI=1S/C17H19NO4/c1-5-21-16(19)13-9-12-10(3)7-8-11(4)14(12)18-15(13)17(20)22-6-2/h7-9H,5-6H2,1-4H3. The maximum absolute atomic E-state index is 12.1. The molecule has 0 saturated heterocycles. The Morgan fingerprint density at radius 3 is 2.23 bits per heavy atom. The van der Waals surface area contributed by atoms with E-state index in [1.807, 2.05) is 26.0 Å². The molecule has 0 unspecified atom stereocenters. The fourth-order valence-corrected chi connectivity index (χ4v) is 2.25. The maximum Gasteiger partial charge on any atom is 0.357 e. The number of hydrogen-bond acceptors (Lipinski definition) is 5. The molecule has 0 aliphatic rings. The predicted molar refractivity (Wildman–Crippen MR) is 83.1 cm³/mol. The van der Waals surface area contributed by atoms with Crippen LogP contribution in [0.1, 0.15) is 45.8 Å². The van der Waals surface area contributed by atoms with Crippen LogP contribution in [0.2, 0.25) is 0 Å². The van der Waals surface area contributed by atoms with Gasteiger partial charge in [0.25, 0.3) is 0 Å². The van der Waals surface area contributed by atoms with Crippen molar-refractivity contribution in [2.24, 2.45) is 0 Å². The number of benzene rings is 1. The lowest BCUT2D eigenvalue weighted by Gasteiger charge is -2.12. The molecule has 0 bridgehead atoms. The first kappa shape index (κ1) is 15.9. The topological polar surface area (TPSA) is 65.5 Å². The van der Waals surface area contributed by atoms with Crippen molar-refractivity contribution in [3.63, 3.8) is 0 Å². The average Bonchev–Trinajstić information content (AvgIpc) is 2.50. The first-order valence-electron chi connectivity index (χ1n) is 7.24. The van der Waals surface area contributed by atoms with E-state index in [1.54, 1.807) is 19.9 Å². The molecule has 2 aromatic rings. The number of ether oxygens (including phenoxy) is 2. The summed E-state index contributed by atoms with van der Waals surface area (Å²) in [5.41, 5.74) is 2.75. The molecule has 0 amide bonds. The Bertz CT molecular complexity index is 675. The van der Waals surface area contributed by atoms with E-state index in [-0.39, 0.29) is 24.5 Å². The largest absolute Gasteiger partial charge is 0.462 e. The molecule has 0 N–H and O–H groups in total. The van der Waals surface area contributed by atoms with E-state index in [9.17, 15) is 9.59 Å². The highest BCUT2D eigenvalue weighted by Gasteiger charge is 2.23. The zero-order valence-corrected chi connectivity index (χ0v) is 13.2. The maximum atomic E-state index is 12.1. The van der Waals surface area contributed by atoms with Gasteiger partial charge < -0.3 is 9.47 Å². The molecule has 0 spiro atoms. The van der Waals surface area contributed by atoms with Crippen LogP contribution in [0.15, 0.2) is 18.2 Å². The summed E-state index contributed by atoms with van der Waals surface area (Å²) in [6.07, 6.45) is 0. The fraction of sp³-hybridized carbons (Fsp3) is 0.353. The Kier molecular flexibility index (Phi) is 4.75. The number of esters is 2. The zero-order valence-electron chi connectivity index (χ0n) is 13.2. The van der Waals surface area contributed by atoms with Crippen LogP contribution in [0.25, 0.3) is 10.9 Å². The van der Waals surface area contributed by atoms with Gasteiger partial charge in [-0.1, -0.05) is 12.1 Å². The number of carbonyl (C=O) groups is 2. The summed E-state index contributed by atoms with van der Waals surface area (Å²) in [7, 11) is 0. The summed E-state index contributed by atoms with van der Waals surface area (Å²) >= 11 is 0. The lowest BCUT2D eigenvalue weighted by Crippen LogP contribution is -2.16. The van der Waals surface area contributed by atoms with E-state index in [1.165, 1.54) is 0 Å². The van der Waals surface area contributed by atoms with E-state index in [4.69, 9.17) is 9.47 Å². The molecule has 2 rings (SSSR count). The second-order valence-electron chi connectivity index (χ2n) is 4.92. The van der Waals surface area contributed by atoms with E-state index < -0.39 is 11.9 Å². The Balaban J connectivity index is 2.73. The van der Waals surface area contributed by atoms with Crippen LogP contribution in [0, 0.1) is 13.8 Å². The van der Waals surface area contributed by atoms with Crippen LogP contribution in [0.4, 0.5) is 0 Å². The van der Waals surface area contributed by atoms with Crippen molar-refractivity contribution in [2.45, 2.75) is 27.7 Å². The average molecular weight is 301 g/mol. The highest BCUT2D eigenvalue weighted by molar-refractivity contribution is 6.05. The molecule has 1 aromatic heterocycles. The molecule has 116 valence electrons. The summed E-state index contributed by atoms with van der Waals surface area (Å²) in [4.78, 5) is 28.6. The SMILES string of the molecule is CCOC(=O)c1cc2c(C)ccc(C)c2nc1C(=O)OCC. The Morgan fingerprint density at radius 1 is 1.00 bits per heavy atom. The molecule has 5 nitrogen and oxygen atoms in total. The van der Waals surface area contributed by atoms with Gasteiger partial charge in [-0.3, -0.25) is 0 Å². The third-order valence-corrected chi connectivity index (χ3v) is 3.37. The third-order valence-electron chi connectivity index (χ3n) is 3.37. The predicted octanol–water partition coefficient (Wildman–Crippen LogP) is 3.21. The Labute approximate surface area is 129 Å². The molecule has 22 heavy (non-hydrogen) atoms. The van der Waals surface area contributed by atoms with Crippen molar-refractivity contribution in [1.29, 1.82) is 0 Å². The number of carbonyl (C=O) groups excluding carboxylic acids is 2. The van der Waals surface area contributed by atoms with Gasteiger partial charge in [-0.25, -0.2) is 14.6 Å². The number of rotatable bonds is 4. The molecule has 0 saturated carbocycles. The third kappa shape index (κ3) is 2.93. The summed E-state index contributed by atoms with van der Waals surface area (Å²) < 4.78 is 10.0. The van der Waals surface area contributed by atoms with Gasteiger partial charge in [0, 0.05) is 5.39 Å². The van der Waals surface area contributed by atoms with Crippen molar-refractivity contribution in [2.75, 3.05) is 13.2 Å². The van der Waals surface area contributed by atoms with Gasteiger partial charge in [0.15, 0.2) is 5.69 Å². The van der Waals surface area contributed by atoms with Crippen LogP contribution >= 0.6 is 0 Å². The highest BCUT2D eigenvalue weighted by atomic mass is 16.5. The van der Waals surface area contributed by atoms with Crippen molar-refractivity contribution in [3.05, 3.63) is 40.6 Å². The molecule has 0 atom stereocenters. The zero-order chi connectivity index (χ0) is 16.3. The first-order chi connectivity index (χ1) is 10.5. The second kappa shape index (κ2) is 6.56. The summed E-state index contributed by atoms with van der Waals surface area (Å²) in [5.74, 6) is -1.19. The lowest BCUT2D eigenvalue weighted by atomic mass is 10.0. The van der Waals surface area contributed by atoms with Gasteiger partial charge in [0.1, 0.15) is 0 Å². The van der Waals surface area contributed by atoms with Crippen molar-refractivity contribution in [1.82, 2.24) is 4.98 Å². The van der Waals surface area contributed by atoms with Gasteiger partial charge >= 0.3 is 11.9 Å². The normalized spacial score (nSPS) is 10.5. The van der Waals surface area contributed by atoms with Crippen molar-refractivity contribution in [3.8, 4) is 0 Å². The summed E-state index contributed by atoms with van der Waals surface area (Å²) in [6.45, 7) is 7.71. The van der Waals surface area contributed by atoms with Gasteiger partial charge in [-0.05, 0) is 44.9 Å². The molecule has 0 aliphatic heterocycles. The molecular weight excluding hydrogens is 282 g/mol. The number of nitrogens with zero attached hydrogens (tertiary/aromatic N) is 1. The van der Waals surface area contributed by atoms with E-state index in [2.05, 4.69) is 4.98 Å². The Morgan fingerprint density at radius 2 is 1.59 bits per heavy atom. The van der Waals surface area contributed by atoms with Crippen LogP contribution < -0.4 is 0 Å². The van der Waals surface area contributed by atoms with Crippen LogP contribution in [0.5, 0.6) is 0 Å². The van der Waals surface area contributed by atoms with Gasteiger partial charge in [0.2, 0.25) is 0 Å². The quantitative estimate of drug-likeness (QED) is 0.811. The summed E-state index contributed by atoms with van der Waals surface area (Å²) in [5, 5.41) is 0.830. The molecule has 0 aliphatic carbocycles. The minimum Gasteiger partial charge on any atom is -0.462 e. The Hall–Kier alpha value is -2.43. The minimum atomic E-state index is -0.617. The minimum absolute atomic E-state index is 0.00139. The second-order valence-corrected chi connectivity index (χ2v) is 4.92. The van der Waals surface area contributed by atoms with E-state index in [0.717, 1.165) is 16.5 Å². The summed E-state index contributed by atoms with van der Waals surface area (Å²) in [6, 6.07) is 5.55. The first-order valence-corrected chi connectivity index (χ1v) is 7.24. The van der Waals surface area contributed by atoms with Gasteiger partial charge in [0.05, 0.1) is 24.3 Å². The molecule has 1 aromatic carbocycles. The number of hydrogen-bond donors (Lipinski definition) is 0. The van der Waals surface area contributed by atoms with Crippen LogP contribution in [0.3, 0.4) is 0 Å². The van der Waals surface area contributed by atoms with Crippen molar-refractivity contribution >= 4 is 22.8 Å². The van der Waals surface area contributed by atoms with Crippen LogP contribution in [-0.4, -0.2) is 30.1 Å². The fourth-order valence-electron chi connectivity index (χ4n) is 2.25. The number of aryl methyl sites for hydroxylation is 2. The van der Waals surface area contributed by atoms with E-state index in [0.29, 0.717) is 5.52 Å². The lowest BCUT2D eigenvalue weighted by molar-refractivity contribution is 0.0474. The number of aromatic nitrogens is 1. The molecule has 0 radical (unpaired) electrons. The van der Waals surface area contributed by atoms with Gasteiger partial charge in [-0.15, -0.1) is 0 Å². The molecule has 1 heterocycles. The molecule has 0 fully saturated rings. The number of fused-ring (bicyclic) bond motifs is 1. The van der Waals surface area contributed by atoms with E-state index >= 15 is 0 Å². The van der Waals surface area contributed by atoms with Gasteiger partial charge in [-0.2, -0.15) is 0 Å². The van der Waals surface area contributed by atoms with Crippen LogP contribution in [-0.2, 0) is 9.47 Å².